The van der Waals surface area contributed by atoms with Crippen LogP contribution in [0.4, 0.5) is 10.5 Å². The van der Waals surface area contributed by atoms with Crippen molar-refractivity contribution in [3.63, 3.8) is 0 Å². The fourth-order valence-electron chi connectivity index (χ4n) is 3.68. The molecular formula is C16H18KN4O3S. The number of fused-ring (bicyclic) bond motifs is 2. The maximum Gasteiger partial charge on any atom is 0.333 e. The van der Waals surface area contributed by atoms with Gasteiger partial charge in [0.05, 0.1) is 6.20 Å². The number of rotatable bonds is 3. The van der Waals surface area contributed by atoms with Gasteiger partial charge in [0.15, 0.2) is 5.03 Å². The molecule has 0 saturated carbocycles. The minimum Gasteiger partial charge on any atom is -0.307 e. The molecule has 1 aromatic carbocycles. The van der Waals surface area contributed by atoms with Crippen molar-refractivity contribution in [2.24, 2.45) is 0 Å². The summed E-state index contributed by atoms with van der Waals surface area (Å²) in [6.07, 6.45) is 7.35. The molecule has 2 aliphatic rings. The van der Waals surface area contributed by atoms with E-state index in [1.165, 1.54) is 23.4 Å². The molecule has 0 aliphatic heterocycles. The molecule has 2 aromatic rings. The predicted molar refractivity (Wildman–Crippen MR) is 94.2 cm³/mol. The van der Waals surface area contributed by atoms with Gasteiger partial charge < -0.3 is 5.32 Å². The molecule has 7 nitrogen and oxygen atoms in total. The smallest absolute Gasteiger partial charge is 0.307 e. The Balaban J connectivity index is 0.00000182. The number of aromatic nitrogens is 2. The zero-order valence-electron chi connectivity index (χ0n) is 14.1. The van der Waals surface area contributed by atoms with Crippen LogP contribution < -0.4 is 10.0 Å². The Labute approximate surface area is 188 Å². The number of amides is 2. The van der Waals surface area contributed by atoms with Gasteiger partial charge in [-0.1, -0.05) is 6.07 Å². The summed E-state index contributed by atoms with van der Waals surface area (Å²) in [5, 5.41) is 8.61. The summed E-state index contributed by atoms with van der Waals surface area (Å²) in [7, 11) is -3.94. The monoisotopic (exact) mass is 385 g/mol. The van der Waals surface area contributed by atoms with Gasteiger partial charge in [-0.3, -0.25) is 5.10 Å². The Morgan fingerprint density at radius 2 is 1.72 bits per heavy atom. The molecule has 25 heavy (non-hydrogen) atoms. The van der Waals surface area contributed by atoms with Gasteiger partial charge in [-0.25, -0.2) is 9.52 Å². The summed E-state index contributed by atoms with van der Waals surface area (Å²) < 4.78 is 26.3. The van der Waals surface area contributed by atoms with E-state index in [1.807, 2.05) is 4.72 Å². The van der Waals surface area contributed by atoms with Gasteiger partial charge in [0, 0.05) is 57.1 Å². The standard InChI is InChI=1S/C16H18N4O3S.K/c21-16(20-24(22,23)14-7-8-17-19-14)18-15-12-5-1-3-10(12)9-11-4-2-6-13(11)15;/h7-9H,1-6H2,(H,17,19)(H2,18,20,21);. The molecule has 0 spiro atoms. The molecule has 4 rings (SSSR count). The number of nitrogens with zero attached hydrogens (tertiary/aromatic N) is 1. The van der Waals surface area contributed by atoms with E-state index in [4.69, 9.17) is 0 Å². The number of aryl methyl sites for hydroxylation is 2. The number of nitrogens with one attached hydrogen (secondary N) is 3. The first-order chi connectivity index (χ1) is 11.5. The second kappa shape index (κ2) is 7.49. The molecule has 3 N–H and O–H groups in total. The van der Waals surface area contributed by atoms with Crippen molar-refractivity contribution in [2.75, 3.05) is 5.32 Å². The molecule has 2 amide bonds. The van der Waals surface area contributed by atoms with Crippen molar-refractivity contribution in [3.8, 4) is 0 Å². The van der Waals surface area contributed by atoms with Crippen LogP contribution in [-0.2, 0) is 35.7 Å². The maximum absolute atomic E-state index is 12.3. The van der Waals surface area contributed by atoms with E-state index in [0.717, 1.165) is 55.3 Å². The van der Waals surface area contributed by atoms with Crippen molar-refractivity contribution in [1.82, 2.24) is 14.9 Å². The number of carbonyl (C=O) groups is 1. The molecule has 9 heteroatoms. The Hall–Kier alpha value is -0.714. The molecule has 0 fully saturated rings. The van der Waals surface area contributed by atoms with Crippen molar-refractivity contribution >= 4 is 73.1 Å². The third-order valence-electron chi connectivity index (χ3n) is 4.70. The largest absolute Gasteiger partial charge is 0.333 e. The molecule has 0 saturated heterocycles. The van der Waals surface area contributed by atoms with Crippen LogP contribution in [0.5, 0.6) is 0 Å². The molecule has 0 atom stereocenters. The van der Waals surface area contributed by atoms with Gasteiger partial charge in [-0.2, -0.15) is 13.5 Å². The number of aromatic amines is 1. The van der Waals surface area contributed by atoms with Crippen LogP contribution in [0.15, 0.2) is 23.4 Å². The van der Waals surface area contributed by atoms with Crippen LogP contribution in [0.2, 0.25) is 0 Å². The topological polar surface area (TPSA) is 104 Å². The zero-order valence-corrected chi connectivity index (χ0v) is 18.0. The van der Waals surface area contributed by atoms with E-state index >= 15 is 0 Å². The van der Waals surface area contributed by atoms with Gasteiger partial charge in [0.25, 0.3) is 10.0 Å². The van der Waals surface area contributed by atoms with Gasteiger partial charge >= 0.3 is 6.03 Å². The molecule has 0 bridgehead atoms. The van der Waals surface area contributed by atoms with Gasteiger partial charge in [0.2, 0.25) is 0 Å². The fourth-order valence-corrected chi connectivity index (χ4v) is 4.49. The van der Waals surface area contributed by atoms with Crippen LogP contribution >= 0.6 is 0 Å². The first-order valence-corrected chi connectivity index (χ1v) is 9.52. The van der Waals surface area contributed by atoms with E-state index in [-0.39, 0.29) is 56.4 Å². The SMILES string of the molecule is O=C(Nc1c2c(cc3c1CCC3)CCC2)NS(=O)(=O)c1ccn[nH]1.[K]. The molecule has 0 unspecified atom stereocenters. The summed E-state index contributed by atoms with van der Waals surface area (Å²) in [5.41, 5.74) is 5.69. The van der Waals surface area contributed by atoms with Crippen molar-refractivity contribution < 1.29 is 13.2 Å². The summed E-state index contributed by atoms with van der Waals surface area (Å²) in [6.45, 7) is 0. The van der Waals surface area contributed by atoms with Gasteiger partial charge in [-0.15, -0.1) is 0 Å². The van der Waals surface area contributed by atoms with Crippen molar-refractivity contribution in [1.29, 1.82) is 0 Å². The number of H-pyrrole nitrogens is 1. The van der Waals surface area contributed by atoms with E-state index in [1.54, 1.807) is 0 Å². The number of carbonyl (C=O) groups excluding carboxylic acids is 1. The number of benzene rings is 1. The molecule has 2 aliphatic carbocycles. The number of hydrogen-bond acceptors (Lipinski definition) is 4. The van der Waals surface area contributed by atoms with E-state index in [2.05, 4.69) is 21.6 Å². The summed E-state index contributed by atoms with van der Waals surface area (Å²) in [5.74, 6) is 0. The quantitative estimate of drug-likeness (QED) is 0.697. The normalized spacial score (nSPS) is 15.2. The summed E-state index contributed by atoms with van der Waals surface area (Å²) >= 11 is 0. The molecule has 1 heterocycles. The molecular weight excluding hydrogens is 367 g/mol. The van der Waals surface area contributed by atoms with Crippen LogP contribution in [0, 0.1) is 0 Å². The van der Waals surface area contributed by atoms with Crippen molar-refractivity contribution in [3.05, 3.63) is 40.6 Å². The van der Waals surface area contributed by atoms with E-state index < -0.39 is 16.1 Å². The minimum absolute atomic E-state index is 0. The van der Waals surface area contributed by atoms with Crippen LogP contribution in [0.25, 0.3) is 0 Å². The number of anilines is 1. The summed E-state index contributed by atoms with van der Waals surface area (Å²) in [4.78, 5) is 12.3. The molecule has 127 valence electrons. The first kappa shape index (κ1) is 19.1. The summed E-state index contributed by atoms with van der Waals surface area (Å²) in [6, 6.07) is 2.82. The average Bonchev–Trinajstić information content (AvgIpc) is 3.27. The number of hydrogen-bond donors (Lipinski definition) is 3. The average molecular weight is 386 g/mol. The third kappa shape index (κ3) is 3.72. The Morgan fingerprint density at radius 3 is 2.28 bits per heavy atom. The number of sulfonamides is 1. The number of urea groups is 1. The third-order valence-corrected chi connectivity index (χ3v) is 5.96. The first-order valence-electron chi connectivity index (χ1n) is 8.04. The second-order valence-corrected chi connectivity index (χ2v) is 7.87. The molecule has 1 radical (unpaired) electrons. The minimum atomic E-state index is -3.94. The second-order valence-electron chi connectivity index (χ2n) is 6.21. The van der Waals surface area contributed by atoms with Crippen LogP contribution in [0.3, 0.4) is 0 Å². The van der Waals surface area contributed by atoms with Crippen LogP contribution in [-0.4, -0.2) is 76.0 Å². The molecule has 1 aromatic heterocycles. The van der Waals surface area contributed by atoms with Crippen LogP contribution in [0.1, 0.15) is 35.1 Å². The van der Waals surface area contributed by atoms with E-state index in [0.29, 0.717) is 0 Å². The Kier molecular flexibility index (Phi) is 5.71. The van der Waals surface area contributed by atoms with Crippen molar-refractivity contribution in [2.45, 2.75) is 43.6 Å². The Morgan fingerprint density at radius 1 is 1.08 bits per heavy atom. The fraction of sp³-hybridized carbons (Fsp3) is 0.375. The Bertz CT molecular complexity index is 878. The van der Waals surface area contributed by atoms with Gasteiger partial charge in [0.1, 0.15) is 0 Å². The zero-order chi connectivity index (χ0) is 16.7. The van der Waals surface area contributed by atoms with E-state index in [9.17, 15) is 13.2 Å². The maximum atomic E-state index is 12.3. The van der Waals surface area contributed by atoms with Gasteiger partial charge in [-0.05, 0) is 66.8 Å². The predicted octanol–water partition coefficient (Wildman–Crippen LogP) is 1.52.